The first-order valence-corrected chi connectivity index (χ1v) is 6.16. The number of halogens is 2. The van der Waals surface area contributed by atoms with Gasteiger partial charge in [0.05, 0.1) is 0 Å². The second kappa shape index (κ2) is 9.02. The zero-order valence-electron chi connectivity index (χ0n) is 6.98. The predicted octanol–water partition coefficient (Wildman–Crippen LogP) is 4.10. The Balaban J connectivity index is 2.80. The van der Waals surface area contributed by atoms with Gasteiger partial charge in [0.1, 0.15) is 4.84 Å². The predicted molar refractivity (Wildman–Crippen MR) is 57.0 cm³/mol. The number of alkyl halides is 2. The molecule has 0 rings (SSSR count). The third-order valence-corrected chi connectivity index (χ3v) is 2.84. The molecule has 0 saturated carbocycles. The first-order chi connectivity index (χ1) is 5.27. The van der Waals surface area contributed by atoms with Crippen molar-refractivity contribution < 1.29 is 0 Å². The second-order valence-corrected chi connectivity index (χ2v) is 5.11. The summed E-state index contributed by atoms with van der Waals surface area (Å²) in [6.07, 6.45) is 4.68. The Morgan fingerprint density at radius 3 is 2.45 bits per heavy atom. The lowest BCUT2D eigenvalue weighted by Gasteiger charge is -2.00. The lowest BCUT2D eigenvalue weighted by Crippen LogP contribution is -1.88. The highest BCUT2D eigenvalue weighted by Gasteiger charge is 1.97. The largest absolute Gasteiger partial charge is 0.162 e. The Kier molecular flexibility index (Phi) is 9.78. The molecule has 0 bridgehead atoms. The van der Waals surface area contributed by atoms with E-state index in [9.17, 15) is 0 Å². The lowest BCUT2D eigenvalue weighted by atomic mass is 10.2. The van der Waals surface area contributed by atoms with Crippen LogP contribution in [-0.4, -0.2) is 16.3 Å². The van der Waals surface area contributed by atoms with E-state index < -0.39 is 0 Å². The molecule has 0 unspecified atom stereocenters. The minimum Gasteiger partial charge on any atom is -0.162 e. The molecule has 0 aliphatic rings. The molecule has 0 atom stereocenters. The van der Waals surface area contributed by atoms with Gasteiger partial charge in [-0.2, -0.15) is 11.8 Å². The van der Waals surface area contributed by atoms with Gasteiger partial charge in [0.25, 0.3) is 0 Å². The van der Waals surface area contributed by atoms with Crippen molar-refractivity contribution >= 4 is 35.0 Å². The van der Waals surface area contributed by atoms with Crippen LogP contribution in [0.5, 0.6) is 0 Å². The molecule has 0 aromatic heterocycles. The standard InChI is InChI=1S/C8H16Cl2S/c1-2-11-7-5-3-4-6-8(9)10/h8H,2-7H2,1H3. The minimum atomic E-state index is -0.158. The Hall–Kier alpha value is 0.930. The van der Waals surface area contributed by atoms with E-state index in [1.807, 2.05) is 11.8 Å². The Bertz CT molecular complexity index is 76.5. The number of hydrogen-bond acceptors (Lipinski definition) is 1. The molecule has 0 fully saturated rings. The summed E-state index contributed by atoms with van der Waals surface area (Å²) >= 11 is 13.2. The summed E-state index contributed by atoms with van der Waals surface area (Å²) in [6.45, 7) is 2.19. The van der Waals surface area contributed by atoms with Crippen molar-refractivity contribution in [3.05, 3.63) is 0 Å². The fraction of sp³-hybridized carbons (Fsp3) is 1.00. The summed E-state index contributed by atoms with van der Waals surface area (Å²) in [6, 6.07) is 0. The third-order valence-electron chi connectivity index (χ3n) is 1.42. The highest BCUT2D eigenvalue weighted by Crippen LogP contribution is 2.13. The maximum atomic E-state index is 5.58. The van der Waals surface area contributed by atoms with Gasteiger partial charge in [0, 0.05) is 0 Å². The van der Waals surface area contributed by atoms with Crippen LogP contribution >= 0.6 is 35.0 Å². The molecular formula is C8H16Cl2S. The zero-order valence-corrected chi connectivity index (χ0v) is 9.31. The van der Waals surface area contributed by atoms with Crippen LogP contribution in [0.1, 0.15) is 32.6 Å². The summed E-state index contributed by atoms with van der Waals surface area (Å²) < 4.78 is 0. The summed E-state index contributed by atoms with van der Waals surface area (Å²) in [5.41, 5.74) is 0. The van der Waals surface area contributed by atoms with Crippen molar-refractivity contribution in [3.63, 3.8) is 0 Å². The Labute approximate surface area is 84.0 Å². The van der Waals surface area contributed by atoms with Crippen LogP contribution in [0.3, 0.4) is 0 Å². The molecule has 0 spiro atoms. The topological polar surface area (TPSA) is 0 Å². The van der Waals surface area contributed by atoms with E-state index in [-0.39, 0.29) is 4.84 Å². The Morgan fingerprint density at radius 2 is 1.91 bits per heavy atom. The third kappa shape index (κ3) is 10.9. The summed E-state index contributed by atoms with van der Waals surface area (Å²) in [7, 11) is 0. The first kappa shape index (κ1) is 11.9. The van der Waals surface area contributed by atoms with E-state index in [0.29, 0.717) is 0 Å². The van der Waals surface area contributed by atoms with Crippen LogP contribution in [-0.2, 0) is 0 Å². The van der Waals surface area contributed by atoms with Crippen molar-refractivity contribution in [1.82, 2.24) is 0 Å². The molecule has 0 aromatic rings. The molecule has 0 aromatic carbocycles. The monoisotopic (exact) mass is 214 g/mol. The van der Waals surface area contributed by atoms with Crippen molar-refractivity contribution in [2.24, 2.45) is 0 Å². The summed E-state index contributed by atoms with van der Waals surface area (Å²) in [4.78, 5) is -0.158. The van der Waals surface area contributed by atoms with Gasteiger partial charge in [0.15, 0.2) is 0 Å². The van der Waals surface area contributed by atoms with Crippen LogP contribution in [0, 0.1) is 0 Å². The van der Waals surface area contributed by atoms with E-state index in [4.69, 9.17) is 23.2 Å². The van der Waals surface area contributed by atoms with Gasteiger partial charge < -0.3 is 0 Å². The zero-order chi connectivity index (χ0) is 8.53. The molecular weight excluding hydrogens is 199 g/mol. The minimum absolute atomic E-state index is 0.158. The van der Waals surface area contributed by atoms with Gasteiger partial charge in [-0.3, -0.25) is 0 Å². The molecule has 68 valence electrons. The van der Waals surface area contributed by atoms with E-state index in [1.165, 1.54) is 30.8 Å². The molecule has 0 nitrogen and oxygen atoms in total. The lowest BCUT2D eigenvalue weighted by molar-refractivity contribution is 0.696. The fourth-order valence-corrected chi connectivity index (χ4v) is 1.83. The average molecular weight is 215 g/mol. The molecule has 0 aliphatic carbocycles. The smallest absolute Gasteiger partial charge is 0.107 e. The van der Waals surface area contributed by atoms with E-state index in [0.717, 1.165) is 6.42 Å². The quantitative estimate of drug-likeness (QED) is 0.455. The molecule has 0 saturated heterocycles. The van der Waals surface area contributed by atoms with Crippen LogP contribution in [0.25, 0.3) is 0 Å². The summed E-state index contributed by atoms with van der Waals surface area (Å²) in [5, 5.41) is 0. The van der Waals surface area contributed by atoms with Gasteiger partial charge >= 0.3 is 0 Å². The maximum Gasteiger partial charge on any atom is 0.107 e. The van der Waals surface area contributed by atoms with Gasteiger partial charge in [-0.1, -0.05) is 19.8 Å². The highest BCUT2D eigenvalue weighted by molar-refractivity contribution is 7.99. The van der Waals surface area contributed by atoms with Crippen LogP contribution in [0.2, 0.25) is 0 Å². The van der Waals surface area contributed by atoms with Crippen molar-refractivity contribution in [2.75, 3.05) is 11.5 Å². The van der Waals surface area contributed by atoms with Gasteiger partial charge in [-0.25, -0.2) is 0 Å². The molecule has 0 amide bonds. The van der Waals surface area contributed by atoms with Crippen molar-refractivity contribution in [1.29, 1.82) is 0 Å². The average Bonchev–Trinajstić information content (AvgIpc) is 1.96. The number of thioether (sulfide) groups is 1. The van der Waals surface area contributed by atoms with Crippen LogP contribution < -0.4 is 0 Å². The van der Waals surface area contributed by atoms with Crippen molar-refractivity contribution in [3.8, 4) is 0 Å². The number of unbranched alkanes of at least 4 members (excludes halogenated alkanes) is 2. The number of hydrogen-bond donors (Lipinski definition) is 0. The first-order valence-electron chi connectivity index (χ1n) is 4.13. The van der Waals surface area contributed by atoms with E-state index >= 15 is 0 Å². The molecule has 3 heteroatoms. The van der Waals surface area contributed by atoms with Crippen molar-refractivity contribution in [2.45, 2.75) is 37.4 Å². The fourth-order valence-electron chi connectivity index (χ4n) is 0.824. The van der Waals surface area contributed by atoms with E-state index in [2.05, 4.69) is 6.92 Å². The SMILES string of the molecule is CCSCCCCCC(Cl)Cl. The molecule has 0 aliphatic heterocycles. The molecule has 0 heterocycles. The van der Waals surface area contributed by atoms with Gasteiger partial charge in [0.2, 0.25) is 0 Å². The normalized spacial score (nSPS) is 10.9. The van der Waals surface area contributed by atoms with Crippen LogP contribution in [0.15, 0.2) is 0 Å². The molecule has 11 heavy (non-hydrogen) atoms. The van der Waals surface area contributed by atoms with E-state index in [1.54, 1.807) is 0 Å². The molecule has 0 N–H and O–H groups in total. The summed E-state index contributed by atoms with van der Waals surface area (Å²) in [5.74, 6) is 2.51. The second-order valence-electron chi connectivity index (χ2n) is 2.44. The van der Waals surface area contributed by atoms with Crippen LogP contribution in [0.4, 0.5) is 0 Å². The maximum absolute atomic E-state index is 5.58. The Morgan fingerprint density at radius 1 is 1.18 bits per heavy atom. The van der Waals surface area contributed by atoms with Gasteiger partial charge in [-0.15, -0.1) is 23.2 Å². The highest BCUT2D eigenvalue weighted by atomic mass is 35.5. The van der Waals surface area contributed by atoms with Gasteiger partial charge in [-0.05, 0) is 24.3 Å². The molecule has 0 radical (unpaired) electrons. The number of rotatable bonds is 7.